The Kier molecular flexibility index (Phi) is 6.99. The highest BCUT2D eigenvalue weighted by Crippen LogP contribution is 2.47. The van der Waals surface area contributed by atoms with Gasteiger partial charge < -0.3 is 4.42 Å². The molecule has 10 aromatic rings. The van der Waals surface area contributed by atoms with Crippen LogP contribution < -0.4 is 0 Å². The second-order valence-corrected chi connectivity index (χ2v) is 13.7. The van der Waals surface area contributed by atoms with Gasteiger partial charge >= 0.3 is 0 Å². The Balaban J connectivity index is 1.24. The summed E-state index contributed by atoms with van der Waals surface area (Å²) in [5.74, 6) is 0. The molecule has 0 aliphatic carbocycles. The highest BCUT2D eigenvalue weighted by atomic mass is 16.3. The molecule has 1 aromatic heterocycles. The first-order valence-electron chi connectivity index (χ1n) is 18.2. The Morgan fingerprint density at radius 1 is 0.392 bits per heavy atom. The molecule has 1 heterocycles. The van der Waals surface area contributed by atoms with Crippen LogP contribution in [0.2, 0.25) is 0 Å². The van der Waals surface area contributed by atoms with Crippen molar-refractivity contribution in [1.82, 2.24) is 0 Å². The summed E-state index contributed by atoms with van der Waals surface area (Å²) >= 11 is 0. The molecule has 0 spiro atoms. The van der Waals surface area contributed by atoms with Crippen molar-refractivity contribution in [2.75, 3.05) is 0 Å². The van der Waals surface area contributed by atoms with Gasteiger partial charge in [-0.2, -0.15) is 0 Å². The number of furan rings is 1. The van der Waals surface area contributed by atoms with Crippen molar-refractivity contribution in [1.29, 1.82) is 0 Å². The number of hydrogen-bond acceptors (Lipinski definition) is 1. The van der Waals surface area contributed by atoms with E-state index in [9.17, 15) is 0 Å². The van der Waals surface area contributed by atoms with Crippen LogP contribution in [-0.2, 0) is 6.42 Å². The molecule has 0 atom stereocenters. The highest BCUT2D eigenvalue weighted by molar-refractivity contribution is 6.24. The summed E-state index contributed by atoms with van der Waals surface area (Å²) in [5.41, 5.74) is 10.7. The van der Waals surface area contributed by atoms with Crippen LogP contribution in [0.15, 0.2) is 168 Å². The zero-order valence-corrected chi connectivity index (χ0v) is 28.6. The van der Waals surface area contributed by atoms with E-state index >= 15 is 0 Å². The molecule has 9 aromatic carbocycles. The lowest BCUT2D eigenvalue weighted by molar-refractivity contribution is 0.669. The van der Waals surface area contributed by atoms with Crippen LogP contribution in [0.1, 0.15) is 25.3 Å². The molecule has 1 heteroatoms. The predicted molar refractivity (Wildman–Crippen MR) is 219 cm³/mol. The minimum Gasteiger partial charge on any atom is -0.456 e. The van der Waals surface area contributed by atoms with Gasteiger partial charge in [0.1, 0.15) is 11.2 Å². The molecule has 0 fully saturated rings. The third kappa shape index (κ3) is 4.62. The maximum atomic E-state index is 6.79. The lowest BCUT2D eigenvalue weighted by atomic mass is 9.85. The number of benzene rings is 9. The number of rotatable bonds is 6. The van der Waals surface area contributed by atoms with Crippen LogP contribution in [0.5, 0.6) is 0 Å². The fourth-order valence-electron chi connectivity index (χ4n) is 8.68. The van der Waals surface area contributed by atoms with Crippen molar-refractivity contribution in [3.05, 3.63) is 169 Å². The maximum absolute atomic E-state index is 6.79. The largest absolute Gasteiger partial charge is 0.456 e. The monoisotopic (exact) mass is 652 g/mol. The first-order valence-corrected chi connectivity index (χ1v) is 18.2. The van der Waals surface area contributed by atoms with E-state index in [1.165, 1.54) is 94.7 Å². The maximum Gasteiger partial charge on any atom is 0.136 e. The van der Waals surface area contributed by atoms with Gasteiger partial charge in [0.25, 0.3) is 0 Å². The van der Waals surface area contributed by atoms with Gasteiger partial charge in [0.05, 0.1) is 0 Å². The number of hydrogen-bond donors (Lipinski definition) is 0. The molecule has 0 radical (unpaired) electrons. The minimum atomic E-state index is 0.906. The van der Waals surface area contributed by atoms with Crippen molar-refractivity contribution in [2.24, 2.45) is 0 Å². The molecule has 0 aliphatic rings. The quantitative estimate of drug-likeness (QED) is 0.163. The van der Waals surface area contributed by atoms with Crippen LogP contribution in [0.3, 0.4) is 0 Å². The fraction of sp³-hybridized carbons (Fsp3) is 0.0800. The van der Waals surface area contributed by atoms with E-state index in [-0.39, 0.29) is 0 Å². The van der Waals surface area contributed by atoms with Crippen LogP contribution in [0.4, 0.5) is 0 Å². The third-order valence-electron chi connectivity index (χ3n) is 10.9. The molecule has 0 unspecified atom stereocenters. The third-order valence-corrected chi connectivity index (χ3v) is 10.9. The van der Waals surface area contributed by atoms with Crippen LogP contribution in [-0.4, -0.2) is 0 Å². The molecule has 0 amide bonds. The van der Waals surface area contributed by atoms with E-state index in [0.29, 0.717) is 0 Å². The van der Waals surface area contributed by atoms with Gasteiger partial charge in [-0.15, -0.1) is 0 Å². The molecule has 51 heavy (non-hydrogen) atoms. The topological polar surface area (TPSA) is 13.1 Å². The number of fused-ring (bicyclic) bond motifs is 7. The van der Waals surface area contributed by atoms with Gasteiger partial charge in [-0.1, -0.05) is 159 Å². The number of aryl methyl sites for hydroxylation is 1. The Hall–Kier alpha value is -6.18. The number of unbranched alkanes of at least 4 members (excludes halogenated alkanes) is 1. The molecule has 10 rings (SSSR count). The smallest absolute Gasteiger partial charge is 0.136 e. The Morgan fingerprint density at radius 3 is 1.47 bits per heavy atom. The average molecular weight is 653 g/mol. The van der Waals surface area contributed by atoms with Gasteiger partial charge in [-0.05, 0) is 113 Å². The Bertz CT molecular complexity index is 2830. The van der Waals surface area contributed by atoms with E-state index < -0.39 is 0 Å². The lowest BCUT2D eigenvalue weighted by Gasteiger charge is -2.18. The summed E-state index contributed by atoms with van der Waals surface area (Å²) in [6, 6.07) is 59.9. The summed E-state index contributed by atoms with van der Waals surface area (Å²) in [6.45, 7) is 2.28. The molecule has 242 valence electrons. The summed E-state index contributed by atoms with van der Waals surface area (Å²) < 4.78 is 6.79. The lowest BCUT2D eigenvalue weighted by Crippen LogP contribution is -1.94. The zero-order chi connectivity index (χ0) is 33.9. The zero-order valence-electron chi connectivity index (χ0n) is 28.6. The van der Waals surface area contributed by atoms with Crippen LogP contribution in [0.25, 0.3) is 98.4 Å². The van der Waals surface area contributed by atoms with E-state index in [0.717, 1.165) is 28.5 Å². The van der Waals surface area contributed by atoms with Gasteiger partial charge in [-0.3, -0.25) is 0 Å². The standard InChI is InChI=1S/C50H36O/c1-2-3-18-34-35-19-7-9-21-37(35)49(38-22-10-8-20-36(34)38)44-27-15-28-45-50(44)43-30-29-33(31-46(43)51-45)48-41-25-13-11-23-39(41)47(32-16-5-4-6-17-32)40-24-12-14-26-42(40)48/h4-17,19-31H,2-3,18H2,1H3. The van der Waals surface area contributed by atoms with Crippen molar-refractivity contribution in [2.45, 2.75) is 26.2 Å². The SMILES string of the molecule is CCCCc1c2ccccc2c(-c2cccc3oc4cc(-c5c6ccccc6c(-c6ccccc6)c6ccccc56)ccc4c23)c2ccccc12. The summed E-state index contributed by atoms with van der Waals surface area (Å²) in [4.78, 5) is 0. The molecule has 0 saturated heterocycles. The van der Waals surface area contributed by atoms with Gasteiger partial charge in [-0.25, -0.2) is 0 Å². The molecule has 0 bridgehead atoms. The summed E-state index contributed by atoms with van der Waals surface area (Å²) in [7, 11) is 0. The van der Waals surface area contributed by atoms with Crippen molar-refractivity contribution >= 4 is 65.0 Å². The second-order valence-electron chi connectivity index (χ2n) is 13.7. The molecule has 1 nitrogen and oxygen atoms in total. The van der Waals surface area contributed by atoms with Crippen molar-refractivity contribution in [3.63, 3.8) is 0 Å². The van der Waals surface area contributed by atoms with Gasteiger partial charge in [0.2, 0.25) is 0 Å². The normalized spacial score (nSPS) is 11.9. The summed E-state index contributed by atoms with van der Waals surface area (Å²) in [5, 5.41) is 12.6. The van der Waals surface area contributed by atoms with Gasteiger partial charge in [0, 0.05) is 10.8 Å². The van der Waals surface area contributed by atoms with E-state index in [2.05, 4.69) is 171 Å². The van der Waals surface area contributed by atoms with Crippen LogP contribution in [0, 0.1) is 0 Å². The highest BCUT2D eigenvalue weighted by Gasteiger charge is 2.21. The van der Waals surface area contributed by atoms with Crippen molar-refractivity contribution in [3.8, 4) is 33.4 Å². The van der Waals surface area contributed by atoms with E-state index in [4.69, 9.17) is 4.42 Å². The first-order chi connectivity index (χ1) is 25.3. The molecule has 0 saturated carbocycles. The minimum absolute atomic E-state index is 0.906. The molecular formula is C50H36O. The van der Waals surface area contributed by atoms with E-state index in [1.807, 2.05) is 0 Å². The molecular weight excluding hydrogens is 617 g/mol. The van der Waals surface area contributed by atoms with Crippen LogP contribution >= 0.6 is 0 Å². The van der Waals surface area contributed by atoms with E-state index in [1.54, 1.807) is 0 Å². The Labute approximate surface area is 297 Å². The van der Waals surface area contributed by atoms with Crippen molar-refractivity contribution < 1.29 is 4.42 Å². The Morgan fingerprint density at radius 2 is 0.902 bits per heavy atom. The predicted octanol–water partition coefficient (Wildman–Crippen LogP) is 14.5. The molecule has 0 N–H and O–H groups in total. The van der Waals surface area contributed by atoms with Gasteiger partial charge in [0.15, 0.2) is 0 Å². The second kappa shape index (κ2) is 12.0. The fourth-order valence-corrected chi connectivity index (χ4v) is 8.68. The summed E-state index contributed by atoms with van der Waals surface area (Å²) in [6.07, 6.45) is 3.43. The molecule has 0 aliphatic heterocycles. The average Bonchev–Trinajstić information content (AvgIpc) is 3.57. The first kappa shape index (κ1) is 29.7.